The molecule has 1 aromatic heterocycles. The van der Waals surface area contributed by atoms with Gasteiger partial charge in [-0.1, -0.05) is 54.6 Å². The Morgan fingerprint density at radius 2 is 1.47 bits per heavy atom. The van der Waals surface area contributed by atoms with Gasteiger partial charge >= 0.3 is 0 Å². The smallest absolute Gasteiger partial charge is 0.260 e. The molecule has 2 aromatic carbocycles. The van der Waals surface area contributed by atoms with Gasteiger partial charge in [0, 0.05) is 5.56 Å². The highest BCUT2D eigenvalue weighted by Crippen LogP contribution is 2.24. The van der Waals surface area contributed by atoms with Crippen LogP contribution in [0, 0.1) is 0 Å². The Balaban J connectivity index is 1.92. The Kier molecular flexibility index (Phi) is 2.94. The van der Waals surface area contributed by atoms with Gasteiger partial charge in [-0.2, -0.15) is 0 Å². The average Bonchev–Trinajstić information content (AvgIpc) is 2.97. The Bertz CT molecular complexity index is 684. The van der Waals surface area contributed by atoms with E-state index >= 15 is 0 Å². The maximum Gasteiger partial charge on any atom is 0.260 e. The molecule has 0 aliphatic carbocycles. The molecule has 3 heteroatoms. The number of benzene rings is 2. The van der Waals surface area contributed by atoms with Crippen LogP contribution in [0.4, 0.5) is 0 Å². The van der Waals surface area contributed by atoms with E-state index in [1.165, 1.54) is 11.8 Å². The highest BCUT2D eigenvalue weighted by Gasteiger charge is 2.05. The number of carbonyl (C=O) groups excluding carboxylic acids is 1. The largest absolute Gasteiger partial charge is 0.442 e. The molecule has 0 saturated heterocycles. The van der Waals surface area contributed by atoms with Crippen LogP contribution in [0.2, 0.25) is 0 Å². The van der Waals surface area contributed by atoms with Crippen LogP contribution in [0.1, 0.15) is 10.7 Å². The summed E-state index contributed by atoms with van der Waals surface area (Å²) in [6.45, 7) is 0. The highest BCUT2D eigenvalue weighted by molar-refractivity contribution is 5.72. The van der Waals surface area contributed by atoms with E-state index in [1.807, 2.05) is 42.5 Å². The van der Waals surface area contributed by atoms with E-state index in [-0.39, 0.29) is 5.89 Å². The van der Waals surface area contributed by atoms with Gasteiger partial charge in [0.2, 0.25) is 6.29 Å². The fourth-order valence-electron chi connectivity index (χ4n) is 1.94. The standard InChI is InChI=1S/C16H11NO2/c18-10-16-17-15(11-19-16)14-8-6-13(7-9-14)12-4-2-1-3-5-12/h1-11H. The first-order chi connectivity index (χ1) is 9.36. The number of hydrogen-bond acceptors (Lipinski definition) is 3. The second-order valence-corrected chi connectivity index (χ2v) is 4.13. The topological polar surface area (TPSA) is 43.1 Å². The van der Waals surface area contributed by atoms with E-state index in [9.17, 15) is 4.79 Å². The number of hydrogen-bond donors (Lipinski definition) is 0. The predicted molar refractivity (Wildman–Crippen MR) is 72.8 cm³/mol. The molecule has 0 fully saturated rings. The molecular formula is C16H11NO2. The molecule has 1 heterocycles. The van der Waals surface area contributed by atoms with Crippen LogP contribution >= 0.6 is 0 Å². The number of nitrogens with zero attached hydrogens (tertiary/aromatic N) is 1. The summed E-state index contributed by atoms with van der Waals surface area (Å²) in [5.74, 6) is 0.0992. The fraction of sp³-hybridized carbons (Fsp3) is 0. The first-order valence-corrected chi connectivity index (χ1v) is 5.93. The zero-order chi connectivity index (χ0) is 13.1. The average molecular weight is 249 g/mol. The molecule has 0 bridgehead atoms. The lowest BCUT2D eigenvalue weighted by Crippen LogP contribution is -1.82. The van der Waals surface area contributed by atoms with Gasteiger partial charge < -0.3 is 4.42 Å². The first kappa shape index (κ1) is 11.4. The van der Waals surface area contributed by atoms with Gasteiger partial charge in [-0.05, 0) is 11.1 Å². The maximum atomic E-state index is 10.5. The van der Waals surface area contributed by atoms with Gasteiger partial charge in [-0.25, -0.2) is 4.98 Å². The van der Waals surface area contributed by atoms with Crippen LogP contribution in [0.3, 0.4) is 0 Å². The summed E-state index contributed by atoms with van der Waals surface area (Å²) in [5, 5.41) is 0. The minimum atomic E-state index is 0.0992. The molecule has 19 heavy (non-hydrogen) atoms. The highest BCUT2D eigenvalue weighted by atomic mass is 16.3. The second-order valence-electron chi connectivity index (χ2n) is 4.13. The van der Waals surface area contributed by atoms with Crippen molar-refractivity contribution in [1.82, 2.24) is 4.98 Å². The molecule has 3 aromatic rings. The summed E-state index contributed by atoms with van der Waals surface area (Å²) >= 11 is 0. The SMILES string of the molecule is O=Cc1nc(-c2ccc(-c3ccccc3)cc2)co1. The molecular weight excluding hydrogens is 238 g/mol. The van der Waals surface area contributed by atoms with Crippen molar-refractivity contribution >= 4 is 6.29 Å². The molecule has 3 rings (SSSR count). The molecule has 0 N–H and O–H groups in total. The maximum absolute atomic E-state index is 10.5. The Morgan fingerprint density at radius 1 is 0.842 bits per heavy atom. The summed E-state index contributed by atoms with van der Waals surface area (Å²) in [7, 11) is 0. The van der Waals surface area contributed by atoms with Crippen molar-refractivity contribution in [1.29, 1.82) is 0 Å². The number of rotatable bonds is 3. The molecule has 3 nitrogen and oxygen atoms in total. The third-order valence-electron chi connectivity index (χ3n) is 2.91. The molecule has 0 spiro atoms. The molecule has 0 radical (unpaired) electrons. The molecule has 0 amide bonds. The third kappa shape index (κ3) is 2.31. The van der Waals surface area contributed by atoms with Gasteiger partial charge in [-0.15, -0.1) is 0 Å². The van der Waals surface area contributed by atoms with Gasteiger partial charge in [0.25, 0.3) is 5.89 Å². The number of oxazole rings is 1. The zero-order valence-corrected chi connectivity index (χ0v) is 10.1. The van der Waals surface area contributed by atoms with Crippen LogP contribution in [0.25, 0.3) is 22.4 Å². The van der Waals surface area contributed by atoms with Gasteiger partial charge in [0.1, 0.15) is 12.0 Å². The van der Waals surface area contributed by atoms with Crippen LogP contribution in [0.15, 0.2) is 65.3 Å². The van der Waals surface area contributed by atoms with Gasteiger partial charge in [-0.3, -0.25) is 4.79 Å². The van der Waals surface area contributed by atoms with E-state index in [4.69, 9.17) is 4.42 Å². The van der Waals surface area contributed by atoms with Crippen molar-refractivity contribution in [3.8, 4) is 22.4 Å². The van der Waals surface area contributed by atoms with Crippen molar-refractivity contribution in [3.63, 3.8) is 0 Å². The summed E-state index contributed by atoms with van der Waals surface area (Å²) in [6.07, 6.45) is 2.09. The van der Waals surface area contributed by atoms with Crippen molar-refractivity contribution in [2.24, 2.45) is 0 Å². The van der Waals surface area contributed by atoms with Gasteiger partial charge in [0.15, 0.2) is 0 Å². The van der Waals surface area contributed by atoms with Gasteiger partial charge in [0.05, 0.1) is 0 Å². The van der Waals surface area contributed by atoms with Crippen LogP contribution in [0.5, 0.6) is 0 Å². The summed E-state index contributed by atoms with van der Waals surface area (Å²) in [4.78, 5) is 14.6. The molecule has 0 aliphatic rings. The molecule has 0 atom stereocenters. The minimum Gasteiger partial charge on any atom is -0.442 e. The quantitative estimate of drug-likeness (QED) is 0.663. The second kappa shape index (κ2) is 4.90. The minimum absolute atomic E-state index is 0.0992. The monoisotopic (exact) mass is 249 g/mol. The lowest BCUT2D eigenvalue weighted by Gasteiger charge is -2.02. The van der Waals surface area contributed by atoms with Crippen LogP contribution in [-0.2, 0) is 0 Å². The van der Waals surface area contributed by atoms with E-state index in [1.54, 1.807) is 0 Å². The fourth-order valence-corrected chi connectivity index (χ4v) is 1.94. The Labute approximate surface area is 110 Å². The van der Waals surface area contributed by atoms with Crippen molar-refractivity contribution in [2.75, 3.05) is 0 Å². The first-order valence-electron chi connectivity index (χ1n) is 5.93. The third-order valence-corrected chi connectivity index (χ3v) is 2.91. The summed E-state index contributed by atoms with van der Waals surface area (Å²) in [5.41, 5.74) is 3.91. The lowest BCUT2D eigenvalue weighted by atomic mass is 10.0. The summed E-state index contributed by atoms with van der Waals surface area (Å²) < 4.78 is 5.00. The van der Waals surface area contributed by atoms with E-state index in [0.717, 1.165) is 11.1 Å². The number of carbonyl (C=O) groups is 1. The number of aromatic nitrogens is 1. The normalized spacial score (nSPS) is 10.3. The van der Waals surface area contributed by atoms with E-state index < -0.39 is 0 Å². The van der Waals surface area contributed by atoms with Crippen molar-refractivity contribution in [2.45, 2.75) is 0 Å². The molecule has 92 valence electrons. The lowest BCUT2D eigenvalue weighted by molar-refractivity contribution is 0.109. The zero-order valence-electron chi connectivity index (χ0n) is 10.1. The van der Waals surface area contributed by atoms with E-state index in [2.05, 4.69) is 17.1 Å². The molecule has 0 saturated carbocycles. The Morgan fingerprint density at radius 3 is 2.11 bits per heavy atom. The summed E-state index contributed by atoms with van der Waals surface area (Å²) in [6, 6.07) is 18.1. The molecule has 0 unspecified atom stereocenters. The number of aldehydes is 1. The van der Waals surface area contributed by atoms with Crippen LogP contribution < -0.4 is 0 Å². The van der Waals surface area contributed by atoms with Crippen molar-refractivity contribution in [3.05, 3.63) is 66.8 Å². The van der Waals surface area contributed by atoms with E-state index in [0.29, 0.717) is 12.0 Å². The molecule has 0 aliphatic heterocycles. The van der Waals surface area contributed by atoms with Crippen LogP contribution in [-0.4, -0.2) is 11.3 Å². The van der Waals surface area contributed by atoms with Crippen molar-refractivity contribution < 1.29 is 9.21 Å². The Hall–Kier alpha value is -2.68. The predicted octanol–water partition coefficient (Wildman–Crippen LogP) is 3.82.